The summed E-state index contributed by atoms with van der Waals surface area (Å²) in [5, 5.41) is 34.0. The van der Waals surface area contributed by atoms with Gasteiger partial charge in [-0.25, -0.2) is 4.79 Å². The van der Waals surface area contributed by atoms with E-state index >= 15 is 0 Å². The number of unbranched alkanes of at least 4 members (excludes halogenated alkanes) is 1. The first-order valence-corrected chi connectivity index (χ1v) is 9.86. The van der Waals surface area contributed by atoms with Crippen molar-refractivity contribution < 1.29 is 39.3 Å². The largest absolute Gasteiger partial charge is 0.481 e. The van der Waals surface area contributed by atoms with Gasteiger partial charge in [0.2, 0.25) is 17.7 Å². The van der Waals surface area contributed by atoms with Gasteiger partial charge in [-0.05, 0) is 25.3 Å². The number of amides is 3. The first kappa shape index (κ1) is 28.2. The number of carboxylic acids is 2. The van der Waals surface area contributed by atoms with Crippen LogP contribution in [0.15, 0.2) is 0 Å². The first-order chi connectivity index (χ1) is 14.4. The number of hydrogen-bond donors (Lipinski definition) is 8. The lowest BCUT2D eigenvalue weighted by molar-refractivity contribution is -0.147. The Labute approximate surface area is 179 Å². The summed E-state index contributed by atoms with van der Waals surface area (Å²) in [5.41, 5.74) is 11.1. The van der Waals surface area contributed by atoms with Crippen LogP contribution in [0.5, 0.6) is 0 Å². The predicted octanol–water partition coefficient (Wildman–Crippen LogP) is -2.90. The molecule has 0 radical (unpaired) electrons. The summed E-state index contributed by atoms with van der Waals surface area (Å²) in [4.78, 5) is 59.0. The molecule has 13 heteroatoms. The lowest BCUT2D eigenvalue weighted by Gasteiger charge is -2.26. The Kier molecular flexibility index (Phi) is 13.0. The first-order valence-electron chi connectivity index (χ1n) is 9.86. The lowest BCUT2D eigenvalue weighted by atomic mass is 10.0. The minimum atomic E-state index is -1.69. The van der Waals surface area contributed by atoms with E-state index in [9.17, 15) is 29.1 Å². The number of carboxylic acid groups (broad SMARTS) is 2. The molecule has 0 aromatic rings. The highest BCUT2D eigenvalue weighted by molar-refractivity contribution is 5.94. The fourth-order valence-electron chi connectivity index (χ4n) is 2.54. The summed E-state index contributed by atoms with van der Waals surface area (Å²) in [7, 11) is 0. The van der Waals surface area contributed by atoms with Gasteiger partial charge in [-0.15, -0.1) is 0 Å². The fraction of sp³-hybridized carbons (Fsp3) is 0.722. The van der Waals surface area contributed by atoms with Gasteiger partial charge in [0, 0.05) is 0 Å². The van der Waals surface area contributed by atoms with E-state index in [4.69, 9.17) is 21.7 Å². The van der Waals surface area contributed by atoms with Gasteiger partial charge in [-0.2, -0.15) is 0 Å². The van der Waals surface area contributed by atoms with E-state index in [1.165, 1.54) is 0 Å². The van der Waals surface area contributed by atoms with Crippen molar-refractivity contribution in [3.63, 3.8) is 0 Å². The van der Waals surface area contributed by atoms with Crippen LogP contribution in [0.3, 0.4) is 0 Å². The van der Waals surface area contributed by atoms with Gasteiger partial charge in [0.25, 0.3) is 0 Å². The second-order valence-corrected chi connectivity index (χ2v) is 7.36. The minimum absolute atomic E-state index is 0.333. The number of hydrogen-bond acceptors (Lipinski definition) is 8. The van der Waals surface area contributed by atoms with E-state index in [2.05, 4.69) is 16.0 Å². The van der Waals surface area contributed by atoms with Crippen LogP contribution in [0, 0.1) is 5.92 Å². The number of carbonyl (C=O) groups is 5. The molecule has 10 N–H and O–H groups in total. The van der Waals surface area contributed by atoms with Crippen molar-refractivity contribution in [2.75, 3.05) is 13.2 Å². The topological polar surface area (TPSA) is 234 Å². The average Bonchev–Trinajstić information content (AvgIpc) is 2.68. The molecule has 0 aliphatic heterocycles. The van der Waals surface area contributed by atoms with Crippen molar-refractivity contribution in [3.05, 3.63) is 0 Å². The monoisotopic (exact) mass is 447 g/mol. The van der Waals surface area contributed by atoms with Gasteiger partial charge in [0.1, 0.15) is 18.1 Å². The Morgan fingerprint density at radius 3 is 1.90 bits per heavy atom. The molecule has 0 heterocycles. The van der Waals surface area contributed by atoms with E-state index in [1.807, 2.05) is 0 Å². The highest BCUT2D eigenvalue weighted by atomic mass is 16.4. The van der Waals surface area contributed by atoms with E-state index in [0.29, 0.717) is 25.8 Å². The van der Waals surface area contributed by atoms with Gasteiger partial charge in [-0.1, -0.05) is 20.3 Å². The molecule has 31 heavy (non-hydrogen) atoms. The molecule has 0 aromatic carbocycles. The summed E-state index contributed by atoms with van der Waals surface area (Å²) in [6, 6.07) is -5.24. The van der Waals surface area contributed by atoms with Crippen LogP contribution in [0.1, 0.15) is 39.5 Å². The Balaban J connectivity index is 5.10. The van der Waals surface area contributed by atoms with Crippen LogP contribution < -0.4 is 27.4 Å². The molecule has 0 saturated heterocycles. The summed E-state index contributed by atoms with van der Waals surface area (Å²) in [6.45, 7) is 2.81. The molecular formula is C18H33N5O8. The molecule has 0 aliphatic rings. The lowest BCUT2D eigenvalue weighted by Crippen LogP contribution is -2.59. The molecule has 178 valence electrons. The Bertz CT molecular complexity index is 642. The predicted molar refractivity (Wildman–Crippen MR) is 108 cm³/mol. The van der Waals surface area contributed by atoms with Gasteiger partial charge in [0.05, 0.1) is 19.1 Å². The number of nitrogens with two attached hydrogens (primary N) is 2. The van der Waals surface area contributed by atoms with Crippen molar-refractivity contribution in [2.24, 2.45) is 17.4 Å². The number of rotatable bonds is 15. The quantitative estimate of drug-likeness (QED) is 0.119. The summed E-state index contributed by atoms with van der Waals surface area (Å²) >= 11 is 0. The van der Waals surface area contributed by atoms with Crippen LogP contribution >= 0.6 is 0 Å². The highest BCUT2D eigenvalue weighted by Gasteiger charge is 2.32. The molecule has 0 rings (SSSR count). The summed E-state index contributed by atoms with van der Waals surface area (Å²) in [5.74, 6) is -5.96. The normalized spacial score (nSPS) is 14.8. The zero-order chi connectivity index (χ0) is 24.1. The van der Waals surface area contributed by atoms with Crippen LogP contribution in [-0.2, 0) is 24.0 Å². The number of aliphatic hydroxyl groups is 1. The van der Waals surface area contributed by atoms with E-state index in [1.54, 1.807) is 13.8 Å². The van der Waals surface area contributed by atoms with E-state index < -0.39 is 72.8 Å². The fourth-order valence-corrected chi connectivity index (χ4v) is 2.54. The van der Waals surface area contributed by atoms with Crippen molar-refractivity contribution in [1.82, 2.24) is 16.0 Å². The average molecular weight is 447 g/mol. The molecule has 0 spiro atoms. The number of nitrogens with one attached hydrogen (secondary N) is 3. The van der Waals surface area contributed by atoms with Crippen LogP contribution in [0.2, 0.25) is 0 Å². The SMILES string of the molecule is CC(C)C(NC(=O)C(CO)NC(=O)C(N)CCCCN)C(=O)NC(CC(=O)O)C(=O)O. The molecule has 0 aromatic heterocycles. The Morgan fingerprint density at radius 1 is 0.871 bits per heavy atom. The van der Waals surface area contributed by atoms with Gasteiger partial charge in [-0.3, -0.25) is 19.2 Å². The summed E-state index contributed by atoms with van der Waals surface area (Å²) < 4.78 is 0. The van der Waals surface area contributed by atoms with Crippen LogP contribution in [0.25, 0.3) is 0 Å². The van der Waals surface area contributed by atoms with Crippen LogP contribution in [0.4, 0.5) is 0 Å². The number of carbonyl (C=O) groups excluding carboxylic acids is 3. The van der Waals surface area contributed by atoms with E-state index in [0.717, 1.165) is 0 Å². The molecule has 4 atom stereocenters. The molecular weight excluding hydrogens is 414 g/mol. The maximum atomic E-state index is 12.5. The Hall–Kier alpha value is -2.77. The number of aliphatic hydroxyl groups excluding tert-OH is 1. The number of aliphatic carboxylic acids is 2. The van der Waals surface area contributed by atoms with Gasteiger partial charge >= 0.3 is 11.9 Å². The molecule has 0 bridgehead atoms. The van der Waals surface area contributed by atoms with Crippen molar-refractivity contribution in [1.29, 1.82) is 0 Å². The molecule has 0 fully saturated rings. The van der Waals surface area contributed by atoms with Gasteiger partial charge in [0.15, 0.2) is 0 Å². The second kappa shape index (κ2) is 14.3. The molecule has 0 aliphatic carbocycles. The zero-order valence-corrected chi connectivity index (χ0v) is 17.7. The van der Waals surface area contributed by atoms with Crippen LogP contribution in [-0.4, -0.2) is 82.3 Å². The highest BCUT2D eigenvalue weighted by Crippen LogP contribution is 2.05. The third kappa shape index (κ3) is 10.7. The molecule has 4 unspecified atom stereocenters. The molecule has 0 saturated carbocycles. The van der Waals surface area contributed by atoms with Crippen molar-refractivity contribution in [2.45, 2.75) is 63.7 Å². The Morgan fingerprint density at radius 2 is 1.45 bits per heavy atom. The molecule has 13 nitrogen and oxygen atoms in total. The van der Waals surface area contributed by atoms with Gasteiger partial charge < -0.3 is 42.7 Å². The standard InChI is InChI=1S/C18H33N5O8/c1-9(2)14(17(29)21-11(18(30)31)7-13(25)26)23-16(28)12(8-24)22-15(27)10(20)5-3-4-6-19/h9-12,14,24H,3-8,19-20H2,1-2H3,(H,21,29)(H,22,27)(H,23,28)(H,25,26)(H,30,31). The molecule has 3 amide bonds. The maximum absolute atomic E-state index is 12.5. The summed E-state index contributed by atoms with van der Waals surface area (Å²) in [6.07, 6.45) is 0.768. The van der Waals surface area contributed by atoms with E-state index in [-0.39, 0.29) is 0 Å². The minimum Gasteiger partial charge on any atom is -0.481 e. The van der Waals surface area contributed by atoms with Crippen molar-refractivity contribution in [3.8, 4) is 0 Å². The zero-order valence-electron chi connectivity index (χ0n) is 17.7. The third-order valence-electron chi connectivity index (χ3n) is 4.36. The smallest absolute Gasteiger partial charge is 0.326 e. The third-order valence-corrected chi connectivity index (χ3v) is 4.36. The van der Waals surface area contributed by atoms with Crippen molar-refractivity contribution >= 4 is 29.7 Å². The maximum Gasteiger partial charge on any atom is 0.326 e. The second-order valence-electron chi connectivity index (χ2n) is 7.36.